The van der Waals surface area contributed by atoms with E-state index in [9.17, 15) is 14.0 Å². The van der Waals surface area contributed by atoms with Crippen LogP contribution in [0.3, 0.4) is 0 Å². The van der Waals surface area contributed by atoms with Crippen LogP contribution in [0.4, 0.5) is 26.6 Å². The summed E-state index contributed by atoms with van der Waals surface area (Å²) < 4.78 is 24.5. The first-order valence-electron chi connectivity index (χ1n) is 12.3. The fraction of sp³-hybridized carbons (Fsp3) is 0.385. The van der Waals surface area contributed by atoms with Crippen LogP contribution in [0.25, 0.3) is 11.4 Å². The topological polar surface area (TPSA) is 149 Å². The van der Waals surface area contributed by atoms with Gasteiger partial charge in [-0.25, -0.2) is 24.1 Å². The molecule has 2 aromatic heterocycles. The maximum absolute atomic E-state index is 13.4. The van der Waals surface area contributed by atoms with Gasteiger partial charge in [0, 0.05) is 31.9 Å². The quantitative estimate of drug-likeness (QED) is 0.478. The molecule has 13 heteroatoms. The number of anilines is 3. The first-order valence-corrected chi connectivity index (χ1v) is 12.3. The highest BCUT2D eigenvalue weighted by Gasteiger charge is 2.31. The minimum absolute atomic E-state index is 0.0734. The molecule has 0 unspecified atom stereocenters. The predicted octanol–water partition coefficient (Wildman–Crippen LogP) is 3.37. The second-order valence-electron chi connectivity index (χ2n) is 10.0. The van der Waals surface area contributed by atoms with E-state index >= 15 is 0 Å². The number of carbonyl (C=O) groups is 2. The van der Waals surface area contributed by atoms with Gasteiger partial charge in [-0.3, -0.25) is 4.79 Å². The van der Waals surface area contributed by atoms with Crippen molar-refractivity contribution in [1.29, 1.82) is 0 Å². The zero-order chi connectivity index (χ0) is 28.3. The van der Waals surface area contributed by atoms with E-state index in [1.54, 1.807) is 23.1 Å². The van der Waals surface area contributed by atoms with Gasteiger partial charge in [0.05, 0.1) is 30.8 Å². The molecule has 1 atom stereocenters. The molecule has 2 amide bonds. The lowest BCUT2D eigenvalue weighted by atomic mass is 10.1. The van der Waals surface area contributed by atoms with Gasteiger partial charge < -0.3 is 30.3 Å². The summed E-state index contributed by atoms with van der Waals surface area (Å²) in [5.74, 6) is -0.136. The van der Waals surface area contributed by atoms with E-state index in [-0.39, 0.29) is 29.3 Å². The normalized spacial score (nSPS) is 15.6. The second kappa shape index (κ2) is 11.1. The molecule has 1 aliphatic heterocycles. The average molecular weight is 539 g/mol. The molecule has 1 aromatic carbocycles. The first-order chi connectivity index (χ1) is 18.5. The summed E-state index contributed by atoms with van der Waals surface area (Å²) in [5.41, 5.74) is 6.06. The van der Waals surface area contributed by atoms with Gasteiger partial charge in [0.1, 0.15) is 17.0 Å². The van der Waals surface area contributed by atoms with E-state index in [4.69, 9.17) is 15.2 Å². The summed E-state index contributed by atoms with van der Waals surface area (Å²) in [6, 6.07) is 5.05. The number of amides is 2. The molecule has 4 rings (SSSR count). The van der Waals surface area contributed by atoms with Gasteiger partial charge in [0.2, 0.25) is 5.95 Å². The van der Waals surface area contributed by atoms with Crippen molar-refractivity contribution in [2.24, 2.45) is 5.73 Å². The third-order valence-electron chi connectivity index (χ3n) is 5.91. The van der Waals surface area contributed by atoms with Crippen LogP contribution in [-0.2, 0) is 4.74 Å². The molecule has 3 heterocycles. The van der Waals surface area contributed by atoms with E-state index in [1.165, 1.54) is 13.3 Å². The number of halogens is 1. The van der Waals surface area contributed by atoms with Crippen LogP contribution in [0.1, 0.15) is 38.1 Å². The van der Waals surface area contributed by atoms with Crippen molar-refractivity contribution in [3.05, 3.63) is 48.2 Å². The molecule has 0 radical (unpaired) electrons. The highest BCUT2D eigenvalue weighted by atomic mass is 19.1. The van der Waals surface area contributed by atoms with Crippen LogP contribution >= 0.6 is 0 Å². The second-order valence-corrected chi connectivity index (χ2v) is 10.0. The van der Waals surface area contributed by atoms with Crippen molar-refractivity contribution < 1.29 is 23.5 Å². The molecule has 1 fully saturated rings. The predicted molar refractivity (Wildman–Crippen MR) is 142 cm³/mol. The van der Waals surface area contributed by atoms with Gasteiger partial charge in [0.25, 0.3) is 5.91 Å². The summed E-state index contributed by atoms with van der Waals surface area (Å²) in [7, 11) is 1.47. The number of ether oxygens (including phenoxy) is 2. The van der Waals surface area contributed by atoms with Crippen LogP contribution in [0, 0.1) is 5.82 Å². The van der Waals surface area contributed by atoms with Crippen molar-refractivity contribution in [2.45, 2.75) is 39.3 Å². The molecule has 0 bridgehead atoms. The number of nitrogens with one attached hydrogen (secondary N) is 1. The van der Waals surface area contributed by atoms with Gasteiger partial charge in [0.15, 0.2) is 17.4 Å². The SMILES string of the molecule is COc1c(Nc2nc(N3CCN(C(=O)OC(C)(C)C)C[C@H]3C)ncc2C(N)=O)cccc1-c1ncc(F)cn1. The molecular weight excluding hydrogens is 507 g/mol. The lowest BCUT2D eigenvalue weighted by molar-refractivity contribution is 0.0218. The third-order valence-corrected chi connectivity index (χ3v) is 5.91. The molecule has 12 nitrogen and oxygen atoms in total. The van der Waals surface area contributed by atoms with Crippen molar-refractivity contribution in [1.82, 2.24) is 24.8 Å². The molecule has 0 spiro atoms. The van der Waals surface area contributed by atoms with Gasteiger partial charge in [-0.2, -0.15) is 4.98 Å². The first kappa shape index (κ1) is 27.5. The number of piperazine rings is 1. The molecule has 3 aromatic rings. The van der Waals surface area contributed by atoms with Crippen LogP contribution < -0.4 is 20.7 Å². The van der Waals surface area contributed by atoms with Crippen molar-refractivity contribution in [3.63, 3.8) is 0 Å². The average Bonchev–Trinajstić information content (AvgIpc) is 2.88. The van der Waals surface area contributed by atoms with Crippen molar-refractivity contribution in [2.75, 3.05) is 37.0 Å². The number of methoxy groups -OCH3 is 1. The summed E-state index contributed by atoms with van der Waals surface area (Å²) in [4.78, 5) is 45.4. The van der Waals surface area contributed by atoms with Gasteiger partial charge in [-0.05, 0) is 39.8 Å². The lowest BCUT2D eigenvalue weighted by Crippen LogP contribution is -2.55. The Morgan fingerprint density at radius 2 is 1.85 bits per heavy atom. The van der Waals surface area contributed by atoms with E-state index in [2.05, 4.69) is 25.3 Å². The van der Waals surface area contributed by atoms with Crippen LogP contribution in [0.5, 0.6) is 5.75 Å². The van der Waals surface area contributed by atoms with Crippen LogP contribution in [0.2, 0.25) is 0 Å². The minimum Gasteiger partial charge on any atom is -0.494 e. The van der Waals surface area contributed by atoms with Gasteiger partial charge >= 0.3 is 6.09 Å². The maximum Gasteiger partial charge on any atom is 0.410 e. The Morgan fingerprint density at radius 3 is 2.46 bits per heavy atom. The van der Waals surface area contributed by atoms with Crippen molar-refractivity contribution >= 4 is 29.5 Å². The third kappa shape index (κ3) is 6.30. The zero-order valence-electron chi connectivity index (χ0n) is 22.4. The number of para-hydroxylation sites is 1. The highest BCUT2D eigenvalue weighted by molar-refractivity contribution is 5.98. The molecule has 206 valence electrons. The molecule has 1 aliphatic rings. The number of aromatic nitrogens is 4. The van der Waals surface area contributed by atoms with Crippen LogP contribution in [0.15, 0.2) is 36.8 Å². The number of rotatable bonds is 6. The Kier molecular flexibility index (Phi) is 7.79. The molecule has 3 N–H and O–H groups in total. The number of carbonyl (C=O) groups excluding carboxylic acids is 2. The largest absolute Gasteiger partial charge is 0.494 e. The highest BCUT2D eigenvalue weighted by Crippen LogP contribution is 2.37. The Morgan fingerprint density at radius 1 is 1.13 bits per heavy atom. The fourth-order valence-electron chi connectivity index (χ4n) is 4.14. The molecule has 0 aliphatic carbocycles. The number of benzene rings is 1. The molecule has 1 saturated heterocycles. The summed E-state index contributed by atoms with van der Waals surface area (Å²) in [5, 5.41) is 3.12. The monoisotopic (exact) mass is 538 g/mol. The minimum atomic E-state index is -0.719. The van der Waals surface area contributed by atoms with E-state index in [0.29, 0.717) is 42.6 Å². The van der Waals surface area contributed by atoms with Crippen LogP contribution in [-0.4, -0.2) is 75.2 Å². The number of hydrogen-bond donors (Lipinski definition) is 2. The Bertz CT molecular complexity index is 1360. The molecule has 39 heavy (non-hydrogen) atoms. The molecule has 0 saturated carbocycles. The number of primary amides is 1. The number of hydrogen-bond acceptors (Lipinski definition) is 10. The van der Waals surface area contributed by atoms with E-state index in [1.807, 2.05) is 32.6 Å². The fourth-order valence-corrected chi connectivity index (χ4v) is 4.14. The lowest BCUT2D eigenvalue weighted by Gasteiger charge is -2.40. The summed E-state index contributed by atoms with van der Waals surface area (Å²) in [6.07, 6.45) is 3.11. The summed E-state index contributed by atoms with van der Waals surface area (Å²) >= 11 is 0. The Balaban J connectivity index is 1.62. The van der Waals surface area contributed by atoms with E-state index in [0.717, 1.165) is 12.4 Å². The smallest absolute Gasteiger partial charge is 0.410 e. The molecular formula is C26H31FN8O4. The van der Waals surface area contributed by atoms with E-state index < -0.39 is 17.3 Å². The maximum atomic E-state index is 13.4. The summed E-state index contributed by atoms with van der Waals surface area (Å²) in [6.45, 7) is 8.70. The number of nitrogens with zero attached hydrogens (tertiary/aromatic N) is 6. The standard InChI is InChI=1S/C26H31FN8O4/c1-15-14-34(25(37)39-26(2,3)4)9-10-35(15)24-31-13-18(21(28)36)23(33-24)32-19-8-6-7-17(20(19)38-5)22-29-11-16(27)12-30-22/h6-8,11-13,15H,9-10,14H2,1-5H3,(H2,28,36)(H,31,32,33)/t15-/m1/s1. The Hall–Kier alpha value is -4.55. The zero-order valence-corrected chi connectivity index (χ0v) is 22.4. The Labute approximate surface area is 225 Å². The van der Waals surface area contributed by atoms with Crippen molar-refractivity contribution in [3.8, 4) is 17.1 Å². The van der Waals surface area contributed by atoms with Gasteiger partial charge in [-0.15, -0.1) is 0 Å². The number of nitrogens with two attached hydrogens (primary N) is 1. The van der Waals surface area contributed by atoms with Gasteiger partial charge in [-0.1, -0.05) is 6.07 Å².